The smallest absolute Gasteiger partial charge is 0.335 e. The van der Waals surface area contributed by atoms with Gasteiger partial charge in [-0.2, -0.15) is 0 Å². The standard InChI is InChI=1S/C38H32N2O4/c1-4-37(41)43-35-15-9-13-33(25-35)39(3)31-21-17-29(18-22-31)30-19-23-32(24-20-30)40(27-28-11-7-6-8-12-28)34-14-10-16-36(26-34)44-38(42)5-2/h4-26H,1-2,27H2,3H3. The number of hydrogen-bond acceptors (Lipinski definition) is 6. The molecule has 0 N–H and O–H groups in total. The van der Waals surface area contributed by atoms with Crippen LogP contribution in [0.15, 0.2) is 153 Å². The van der Waals surface area contributed by atoms with Crippen LogP contribution >= 0.6 is 0 Å². The van der Waals surface area contributed by atoms with Crippen LogP contribution in [0.4, 0.5) is 22.7 Å². The molecule has 0 atom stereocenters. The number of hydrogen-bond donors (Lipinski definition) is 0. The summed E-state index contributed by atoms with van der Waals surface area (Å²) in [6.07, 6.45) is 2.29. The van der Waals surface area contributed by atoms with E-state index in [1.165, 1.54) is 0 Å². The van der Waals surface area contributed by atoms with Gasteiger partial charge in [0.2, 0.25) is 0 Å². The van der Waals surface area contributed by atoms with Crippen LogP contribution in [0, 0.1) is 0 Å². The quantitative estimate of drug-likeness (QED) is 0.0885. The molecule has 0 heterocycles. The van der Waals surface area contributed by atoms with Crippen molar-refractivity contribution in [1.29, 1.82) is 0 Å². The second kappa shape index (κ2) is 13.9. The lowest BCUT2D eigenvalue weighted by molar-refractivity contribution is -0.129. The van der Waals surface area contributed by atoms with Gasteiger partial charge in [-0.1, -0.05) is 79.9 Å². The van der Waals surface area contributed by atoms with Crippen molar-refractivity contribution in [3.63, 3.8) is 0 Å². The van der Waals surface area contributed by atoms with Gasteiger partial charge in [0.1, 0.15) is 11.5 Å². The zero-order valence-corrected chi connectivity index (χ0v) is 24.4. The topological polar surface area (TPSA) is 59.1 Å². The maximum atomic E-state index is 11.8. The molecule has 5 aromatic carbocycles. The number of carbonyl (C=O) groups excluding carboxylic acids is 2. The van der Waals surface area contributed by atoms with Crippen LogP contribution in [0.3, 0.4) is 0 Å². The summed E-state index contributed by atoms with van der Waals surface area (Å²) >= 11 is 0. The van der Waals surface area contributed by atoms with E-state index in [4.69, 9.17) is 9.47 Å². The molecule has 5 aromatic rings. The lowest BCUT2D eigenvalue weighted by Crippen LogP contribution is -2.16. The number of carbonyl (C=O) groups is 2. The van der Waals surface area contributed by atoms with Crippen molar-refractivity contribution < 1.29 is 19.1 Å². The van der Waals surface area contributed by atoms with Gasteiger partial charge in [0, 0.05) is 60.6 Å². The van der Waals surface area contributed by atoms with Gasteiger partial charge in [-0.15, -0.1) is 0 Å². The predicted molar refractivity (Wildman–Crippen MR) is 177 cm³/mol. The van der Waals surface area contributed by atoms with Crippen LogP contribution < -0.4 is 19.3 Å². The van der Waals surface area contributed by atoms with E-state index in [2.05, 4.69) is 78.7 Å². The van der Waals surface area contributed by atoms with Crippen molar-refractivity contribution in [2.45, 2.75) is 6.54 Å². The Hall–Kier alpha value is -5.88. The van der Waals surface area contributed by atoms with Gasteiger partial charge in [0.05, 0.1) is 0 Å². The van der Waals surface area contributed by atoms with Gasteiger partial charge in [-0.25, -0.2) is 9.59 Å². The molecule has 0 fully saturated rings. The molecule has 0 unspecified atom stereocenters. The van der Waals surface area contributed by atoms with Gasteiger partial charge >= 0.3 is 11.9 Å². The minimum absolute atomic E-state index is 0.455. The maximum absolute atomic E-state index is 11.8. The summed E-state index contributed by atoms with van der Waals surface area (Å²) in [5.74, 6) is -0.0785. The zero-order valence-electron chi connectivity index (χ0n) is 24.4. The molecule has 0 aliphatic heterocycles. The van der Waals surface area contributed by atoms with Crippen molar-refractivity contribution in [3.05, 3.63) is 158 Å². The lowest BCUT2D eigenvalue weighted by atomic mass is 10.0. The second-order valence-electron chi connectivity index (χ2n) is 9.97. The molecule has 0 radical (unpaired) electrons. The Labute approximate surface area is 257 Å². The third-order valence-electron chi connectivity index (χ3n) is 7.05. The van der Waals surface area contributed by atoms with E-state index in [1.807, 2.05) is 66.5 Å². The summed E-state index contributed by atoms with van der Waals surface area (Å²) in [5, 5.41) is 0. The Morgan fingerprint density at radius 2 is 1.09 bits per heavy atom. The van der Waals surface area contributed by atoms with Crippen molar-refractivity contribution in [2.24, 2.45) is 0 Å². The molecule has 0 aromatic heterocycles. The van der Waals surface area contributed by atoms with E-state index in [-0.39, 0.29) is 0 Å². The Bertz CT molecular complexity index is 1760. The fraction of sp³-hybridized carbons (Fsp3) is 0.0526. The first-order valence-corrected chi connectivity index (χ1v) is 14.1. The molecule has 0 bridgehead atoms. The summed E-state index contributed by atoms with van der Waals surface area (Å²) in [5.41, 5.74) is 7.07. The first-order valence-electron chi connectivity index (χ1n) is 14.1. The molecule has 218 valence electrons. The number of benzene rings is 5. The van der Waals surface area contributed by atoms with Gasteiger partial charge in [0.25, 0.3) is 0 Å². The molecule has 44 heavy (non-hydrogen) atoms. The Balaban J connectivity index is 1.37. The maximum Gasteiger partial charge on any atom is 0.335 e. The van der Waals surface area contributed by atoms with Crippen LogP contribution in [-0.2, 0) is 16.1 Å². The van der Waals surface area contributed by atoms with Crippen LogP contribution in [-0.4, -0.2) is 19.0 Å². The van der Waals surface area contributed by atoms with Crippen molar-refractivity contribution in [3.8, 4) is 22.6 Å². The summed E-state index contributed by atoms with van der Waals surface area (Å²) in [6, 6.07) is 41.7. The number of rotatable bonds is 11. The molecule has 0 saturated carbocycles. The minimum atomic E-state index is -0.499. The number of ether oxygens (including phenoxy) is 2. The molecule has 0 saturated heterocycles. The predicted octanol–water partition coefficient (Wildman–Crippen LogP) is 8.64. The van der Waals surface area contributed by atoms with Gasteiger partial charge in [0.15, 0.2) is 0 Å². The molecule has 0 aliphatic rings. The van der Waals surface area contributed by atoms with Crippen LogP contribution in [0.25, 0.3) is 11.1 Å². The summed E-state index contributed by atoms with van der Waals surface area (Å²) in [7, 11) is 1.97. The first kappa shape index (κ1) is 29.6. The van der Waals surface area contributed by atoms with E-state index < -0.39 is 11.9 Å². The molecule has 6 nitrogen and oxygen atoms in total. The molecule has 0 amide bonds. The monoisotopic (exact) mass is 580 g/mol. The average molecular weight is 581 g/mol. The molecular formula is C38H32N2O4. The second-order valence-corrected chi connectivity index (χ2v) is 9.97. The zero-order chi connectivity index (χ0) is 30.9. The van der Waals surface area contributed by atoms with E-state index in [0.29, 0.717) is 18.0 Å². The van der Waals surface area contributed by atoms with E-state index in [9.17, 15) is 9.59 Å². The highest BCUT2D eigenvalue weighted by atomic mass is 16.5. The molecule has 0 spiro atoms. The number of nitrogens with zero attached hydrogens (tertiary/aromatic N) is 2. The lowest BCUT2D eigenvalue weighted by Gasteiger charge is -2.26. The normalized spacial score (nSPS) is 10.4. The highest BCUT2D eigenvalue weighted by Gasteiger charge is 2.13. The van der Waals surface area contributed by atoms with Crippen LogP contribution in [0.1, 0.15) is 5.56 Å². The van der Waals surface area contributed by atoms with Gasteiger partial charge in [-0.05, 0) is 65.2 Å². The highest BCUT2D eigenvalue weighted by molar-refractivity contribution is 5.84. The number of esters is 2. The fourth-order valence-electron chi connectivity index (χ4n) is 4.74. The third-order valence-corrected chi connectivity index (χ3v) is 7.05. The highest BCUT2D eigenvalue weighted by Crippen LogP contribution is 2.33. The molecule has 0 aliphatic carbocycles. The van der Waals surface area contributed by atoms with Crippen LogP contribution in [0.2, 0.25) is 0 Å². The van der Waals surface area contributed by atoms with Gasteiger partial charge in [-0.3, -0.25) is 0 Å². The summed E-state index contributed by atoms with van der Waals surface area (Å²) in [4.78, 5) is 27.6. The first-order chi connectivity index (χ1) is 21.4. The van der Waals surface area contributed by atoms with Crippen LogP contribution in [0.5, 0.6) is 11.5 Å². The average Bonchev–Trinajstić information content (AvgIpc) is 3.07. The minimum Gasteiger partial charge on any atom is -0.423 e. The Morgan fingerprint density at radius 3 is 1.64 bits per heavy atom. The van der Waals surface area contributed by atoms with Crippen molar-refractivity contribution in [2.75, 3.05) is 16.8 Å². The SMILES string of the molecule is C=CC(=O)Oc1cccc(N(C)c2ccc(-c3ccc(N(Cc4ccccc4)c4cccc(OC(=O)C=C)c4)cc3)cc2)c1. The van der Waals surface area contributed by atoms with Crippen molar-refractivity contribution in [1.82, 2.24) is 0 Å². The molecule has 6 heteroatoms. The summed E-state index contributed by atoms with van der Waals surface area (Å²) < 4.78 is 10.7. The van der Waals surface area contributed by atoms with E-state index in [0.717, 1.165) is 51.6 Å². The largest absolute Gasteiger partial charge is 0.423 e. The van der Waals surface area contributed by atoms with E-state index >= 15 is 0 Å². The Kier molecular flexibility index (Phi) is 9.32. The Morgan fingerprint density at radius 1 is 0.591 bits per heavy atom. The molecule has 5 rings (SSSR count). The van der Waals surface area contributed by atoms with Crippen molar-refractivity contribution >= 4 is 34.7 Å². The summed E-state index contributed by atoms with van der Waals surface area (Å²) in [6.45, 7) is 7.57. The fourth-order valence-corrected chi connectivity index (χ4v) is 4.74. The molecular weight excluding hydrogens is 548 g/mol. The number of anilines is 4. The van der Waals surface area contributed by atoms with E-state index in [1.54, 1.807) is 12.1 Å². The van der Waals surface area contributed by atoms with Gasteiger partial charge < -0.3 is 19.3 Å². The third kappa shape index (κ3) is 7.30.